The first kappa shape index (κ1) is 13.7. The molecule has 5 heteroatoms. The van der Waals surface area contributed by atoms with Gasteiger partial charge in [-0.2, -0.15) is 0 Å². The highest BCUT2D eigenvalue weighted by Gasteiger charge is 2.28. The number of carbonyl (C=O) groups excluding carboxylic acids is 1. The zero-order valence-corrected chi connectivity index (χ0v) is 11.2. The molecule has 0 aliphatic heterocycles. The molecule has 2 N–H and O–H groups in total. The van der Waals surface area contributed by atoms with E-state index in [0.29, 0.717) is 24.3 Å². The third kappa shape index (κ3) is 3.61. The summed E-state index contributed by atoms with van der Waals surface area (Å²) < 4.78 is 10.6. The molecule has 1 aliphatic rings. The molecule has 0 unspecified atom stereocenters. The summed E-state index contributed by atoms with van der Waals surface area (Å²) in [6.45, 7) is 1.91. The molecule has 0 aromatic heterocycles. The van der Waals surface area contributed by atoms with E-state index in [2.05, 4.69) is 5.32 Å². The molecule has 0 heterocycles. The van der Waals surface area contributed by atoms with Crippen LogP contribution in [0.15, 0.2) is 18.2 Å². The van der Waals surface area contributed by atoms with E-state index in [1.54, 1.807) is 13.2 Å². The lowest BCUT2D eigenvalue weighted by molar-refractivity contribution is -0.125. The molecule has 0 bridgehead atoms. The van der Waals surface area contributed by atoms with Crippen molar-refractivity contribution in [3.8, 4) is 11.5 Å². The largest absolute Gasteiger partial charge is 0.493 e. The second kappa shape index (κ2) is 5.93. The van der Waals surface area contributed by atoms with Gasteiger partial charge in [0.05, 0.1) is 13.2 Å². The summed E-state index contributed by atoms with van der Waals surface area (Å²) in [4.78, 5) is 11.6. The minimum absolute atomic E-state index is 0.0496. The molecule has 1 amide bonds. The molecule has 5 nitrogen and oxygen atoms in total. The molecule has 1 aliphatic carbocycles. The van der Waals surface area contributed by atoms with Gasteiger partial charge < -0.3 is 19.9 Å². The minimum atomic E-state index is -0.275. The van der Waals surface area contributed by atoms with Crippen LogP contribution in [-0.4, -0.2) is 36.9 Å². The maximum Gasteiger partial charge on any atom is 0.258 e. The zero-order chi connectivity index (χ0) is 13.8. The molecule has 2 rings (SSSR count). The van der Waals surface area contributed by atoms with Gasteiger partial charge in [-0.3, -0.25) is 4.79 Å². The number of amides is 1. The summed E-state index contributed by atoms with van der Waals surface area (Å²) in [6, 6.07) is 5.62. The number of benzene rings is 1. The number of ether oxygens (including phenoxy) is 2. The topological polar surface area (TPSA) is 67.8 Å². The van der Waals surface area contributed by atoms with Crippen LogP contribution in [-0.2, 0) is 4.79 Å². The number of nitrogens with one attached hydrogen (secondary N) is 1. The number of aliphatic hydroxyl groups is 1. The molecule has 0 saturated heterocycles. The van der Waals surface area contributed by atoms with Crippen LogP contribution in [0, 0.1) is 6.92 Å². The Bertz CT molecular complexity index is 455. The molecule has 0 spiro atoms. The first-order valence-electron chi connectivity index (χ1n) is 6.33. The Labute approximate surface area is 112 Å². The van der Waals surface area contributed by atoms with E-state index in [1.165, 1.54) is 0 Å². The fourth-order valence-corrected chi connectivity index (χ4v) is 2.01. The van der Waals surface area contributed by atoms with E-state index < -0.39 is 0 Å². The van der Waals surface area contributed by atoms with Crippen molar-refractivity contribution in [2.75, 3.05) is 13.7 Å². The van der Waals surface area contributed by atoms with Crippen molar-refractivity contribution < 1.29 is 19.4 Å². The van der Waals surface area contributed by atoms with Gasteiger partial charge in [0.1, 0.15) is 0 Å². The molecule has 104 valence electrons. The number of methoxy groups -OCH3 is 1. The molecule has 1 fully saturated rings. The van der Waals surface area contributed by atoms with E-state index in [4.69, 9.17) is 14.6 Å². The van der Waals surface area contributed by atoms with E-state index in [0.717, 1.165) is 5.56 Å². The third-order valence-corrected chi connectivity index (χ3v) is 3.16. The summed E-state index contributed by atoms with van der Waals surface area (Å²) in [5.41, 5.74) is 1.07. The maximum atomic E-state index is 11.6. The standard InChI is InChI=1S/C14H19NO4/c1-9-3-4-12(13(5-9)18-2)19-8-14(17)15-10-6-11(16)7-10/h3-5,10-11,16H,6-8H2,1-2H3,(H,15,17). The highest BCUT2D eigenvalue weighted by Crippen LogP contribution is 2.27. The number of aryl methyl sites for hydroxylation is 1. The van der Waals surface area contributed by atoms with Crippen LogP contribution < -0.4 is 14.8 Å². The molecule has 1 aromatic carbocycles. The Kier molecular flexibility index (Phi) is 4.27. The number of carbonyl (C=O) groups is 1. The van der Waals surface area contributed by atoms with Crippen LogP contribution in [0.2, 0.25) is 0 Å². The fraction of sp³-hybridized carbons (Fsp3) is 0.500. The lowest BCUT2D eigenvalue weighted by Crippen LogP contribution is -2.48. The molecule has 1 aromatic rings. The average Bonchev–Trinajstić information content (AvgIpc) is 2.35. The molecule has 1 saturated carbocycles. The molecule has 0 radical (unpaired) electrons. The van der Waals surface area contributed by atoms with Gasteiger partial charge in [-0.05, 0) is 37.5 Å². The van der Waals surface area contributed by atoms with Gasteiger partial charge in [-0.1, -0.05) is 6.07 Å². The highest BCUT2D eigenvalue weighted by atomic mass is 16.5. The van der Waals surface area contributed by atoms with Gasteiger partial charge in [-0.15, -0.1) is 0 Å². The van der Waals surface area contributed by atoms with Gasteiger partial charge in [-0.25, -0.2) is 0 Å². The third-order valence-electron chi connectivity index (χ3n) is 3.16. The fourth-order valence-electron chi connectivity index (χ4n) is 2.01. The Morgan fingerprint density at radius 2 is 2.16 bits per heavy atom. The summed E-state index contributed by atoms with van der Waals surface area (Å²) in [6.07, 6.45) is 0.975. The quantitative estimate of drug-likeness (QED) is 0.834. The Morgan fingerprint density at radius 1 is 1.42 bits per heavy atom. The van der Waals surface area contributed by atoms with E-state index in [-0.39, 0.29) is 24.7 Å². The predicted molar refractivity (Wildman–Crippen MR) is 70.4 cm³/mol. The van der Waals surface area contributed by atoms with Crippen LogP contribution >= 0.6 is 0 Å². The smallest absolute Gasteiger partial charge is 0.258 e. The lowest BCUT2D eigenvalue weighted by atomic mass is 9.89. The SMILES string of the molecule is COc1cc(C)ccc1OCC(=O)NC1CC(O)C1. The monoisotopic (exact) mass is 265 g/mol. The van der Waals surface area contributed by atoms with Gasteiger partial charge in [0, 0.05) is 6.04 Å². The van der Waals surface area contributed by atoms with Crippen LogP contribution in [0.1, 0.15) is 18.4 Å². The van der Waals surface area contributed by atoms with Crippen LogP contribution in [0.5, 0.6) is 11.5 Å². The zero-order valence-electron chi connectivity index (χ0n) is 11.2. The van der Waals surface area contributed by atoms with Gasteiger partial charge in [0.2, 0.25) is 0 Å². The van der Waals surface area contributed by atoms with E-state index in [9.17, 15) is 4.79 Å². The summed E-state index contributed by atoms with van der Waals surface area (Å²) in [5.74, 6) is 0.989. The van der Waals surface area contributed by atoms with E-state index >= 15 is 0 Å². The van der Waals surface area contributed by atoms with Crippen molar-refractivity contribution in [1.82, 2.24) is 5.32 Å². The number of hydrogen-bond donors (Lipinski definition) is 2. The molecular formula is C14H19NO4. The predicted octanol–water partition coefficient (Wildman–Crippen LogP) is 1.02. The summed E-state index contributed by atoms with van der Waals surface area (Å²) in [5, 5.41) is 11.9. The van der Waals surface area contributed by atoms with Gasteiger partial charge in [0.25, 0.3) is 5.91 Å². The molecule has 19 heavy (non-hydrogen) atoms. The van der Waals surface area contributed by atoms with Crippen LogP contribution in [0.25, 0.3) is 0 Å². The number of rotatable bonds is 5. The van der Waals surface area contributed by atoms with Gasteiger partial charge >= 0.3 is 0 Å². The summed E-state index contributed by atoms with van der Waals surface area (Å²) in [7, 11) is 1.57. The lowest BCUT2D eigenvalue weighted by Gasteiger charge is -2.31. The van der Waals surface area contributed by atoms with E-state index in [1.807, 2.05) is 19.1 Å². The van der Waals surface area contributed by atoms with Gasteiger partial charge in [0.15, 0.2) is 18.1 Å². The number of hydrogen-bond acceptors (Lipinski definition) is 4. The molecular weight excluding hydrogens is 246 g/mol. The molecule has 0 atom stereocenters. The van der Waals surface area contributed by atoms with Crippen LogP contribution in [0.4, 0.5) is 0 Å². The maximum absolute atomic E-state index is 11.6. The highest BCUT2D eigenvalue weighted by molar-refractivity contribution is 5.78. The van der Waals surface area contributed by atoms with Crippen molar-refractivity contribution in [2.45, 2.75) is 31.9 Å². The first-order chi connectivity index (χ1) is 9.08. The Hall–Kier alpha value is -1.75. The van der Waals surface area contributed by atoms with Crippen molar-refractivity contribution in [3.05, 3.63) is 23.8 Å². The van der Waals surface area contributed by atoms with Crippen molar-refractivity contribution in [3.63, 3.8) is 0 Å². The second-order valence-corrected chi connectivity index (χ2v) is 4.83. The van der Waals surface area contributed by atoms with Crippen molar-refractivity contribution in [2.24, 2.45) is 0 Å². The average molecular weight is 265 g/mol. The Morgan fingerprint density at radius 3 is 2.79 bits per heavy atom. The van der Waals surface area contributed by atoms with Crippen molar-refractivity contribution in [1.29, 1.82) is 0 Å². The Balaban J connectivity index is 1.83. The minimum Gasteiger partial charge on any atom is -0.493 e. The van der Waals surface area contributed by atoms with Crippen molar-refractivity contribution >= 4 is 5.91 Å². The number of aliphatic hydroxyl groups excluding tert-OH is 1. The summed E-state index contributed by atoms with van der Waals surface area (Å²) >= 11 is 0. The second-order valence-electron chi connectivity index (χ2n) is 4.83. The van der Waals surface area contributed by atoms with Crippen LogP contribution in [0.3, 0.4) is 0 Å². The first-order valence-corrected chi connectivity index (χ1v) is 6.33. The normalized spacial score (nSPS) is 21.4.